The van der Waals surface area contributed by atoms with Gasteiger partial charge in [-0.3, -0.25) is 9.69 Å². The monoisotopic (exact) mass is 225 g/mol. The molecule has 1 aliphatic rings. The zero-order valence-corrected chi connectivity index (χ0v) is 9.54. The third kappa shape index (κ3) is 2.06. The normalized spacial score (nSPS) is 24.2. The molecule has 0 radical (unpaired) electrons. The number of hydrogen-bond acceptors (Lipinski definition) is 3. The van der Waals surface area contributed by atoms with Crippen LogP contribution < -0.4 is 0 Å². The Balaban J connectivity index is 2.24. The van der Waals surface area contributed by atoms with E-state index >= 15 is 0 Å². The molecule has 3 nitrogen and oxygen atoms in total. The Labute approximate surface area is 93.3 Å². The van der Waals surface area contributed by atoms with Gasteiger partial charge in [-0.15, -0.1) is 11.3 Å². The SMILES string of the molecule is CC1CCCN1C(C(=O)O)c1cccs1. The number of rotatable bonds is 3. The fourth-order valence-corrected chi connectivity index (χ4v) is 3.05. The minimum atomic E-state index is -0.730. The molecule has 4 heteroatoms. The van der Waals surface area contributed by atoms with E-state index in [0.29, 0.717) is 6.04 Å². The Morgan fingerprint density at radius 1 is 1.73 bits per heavy atom. The van der Waals surface area contributed by atoms with E-state index in [2.05, 4.69) is 11.8 Å². The molecule has 82 valence electrons. The highest BCUT2D eigenvalue weighted by molar-refractivity contribution is 7.10. The maximum absolute atomic E-state index is 11.3. The first-order chi connectivity index (χ1) is 7.20. The average molecular weight is 225 g/mol. The summed E-state index contributed by atoms with van der Waals surface area (Å²) >= 11 is 1.53. The zero-order chi connectivity index (χ0) is 10.8. The lowest BCUT2D eigenvalue weighted by atomic mass is 10.2. The van der Waals surface area contributed by atoms with Crippen molar-refractivity contribution in [2.75, 3.05) is 6.54 Å². The van der Waals surface area contributed by atoms with Crippen LogP contribution in [0.15, 0.2) is 17.5 Å². The number of carbonyl (C=O) groups is 1. The molecule has 15 heavy (non-hydrogen) atoms. The first kappa shape index (κ1) is 10.6. The van der Waals surface area contributed by atoms with Gasteiger partial charge in [-0.1, -0.05) is 6.07 Å². The van der Waals surface area contributed by atoms with Crippen LogP contribution in [0.2, 0.25) is 0 Å². The predicted octanol–water partition coefficient (Wildman–Crippen LogP) is 2.36. The van der Waals surface area contributed by atoms with Crippen LogP contribution in [0.25, 0.3) is 0 Å². The molecule has 2 rings (SSSR count). The van der Waals surface area contributed by atoms with Crippen LogP contribution in [0, 0.1) is 0 Å². The van der Waals surface area contributed by atoms with Crippen molar-refractivity contribution < 1.29 is 9.90 Å². The van der Waals surface area contributed by atoms with E-state index in [4.69, 9.17) is 0 Å². The summed E-state index contributed by atoms with van der Waals surface area (Å²) in [7, 11) is 0. The van der Waals surface area contributed by atoms with Crippen molar-refractivity contribution in [3.63, 3.8) is 0 Å². The van der Waals surface area contributed by atoms with E-state index in [-0.39, 0.29) is 0 Å². The van der Waals surface area contributed by atoms with Gasteiger partial charge in [0.1, 0.15) is 6.04 Å². The number of carboxylic acid groups (broad SMARTS) is 1. The van der Waals surface area contributed by atoms with Gasteiger partial charge in [-0.2, -0.15) is 0 Å². The summed E-state index contributed by atoms with van der Waals surface area (Å²) in [4.78, 5) is 14.3. The molecule has 0 spiro atoms. The van der Waals surface area contributed by atoms with Crippen LogP contribution in [0.3, 0.4) is 0 Å². The van der Waals surface area contributed by atoms with Crippen molar-refractivity contribution in [1.29, 1.82) is 0 Å². The molecule has 0 aliphatic carbocycles. The largest absolute Gasteiger partial charge is 0.480 e. The summed E-state index contributed by atoms with van der Waals surface area (Å²) in [6.07, 6.45) is 2.21. The second kappa shape index (κ2) is 4.33. The molecule has 0 saturated carbocycles. The Morgan fingerprint density at radius 3 is 3.00 bits per heavy atom. The topological polar surface area (TPSA) is 40.5 Å². The molecule has 2 heterocycles. The number of likely N-dealkylation sites (tertiary alicyclic amines) is 1. The molecule has 0 aromatic carbocycles. The molecule has 0 amide bonds. The maximum atomic E-state index is 11.3. The molecule has 1 aromatic heterocycles. The van der Waals surface area contributed by atoms with Gasteiger partial charge in [0.2, 0.25) is 0 Å². The first-order valence-corrected chi connectivity index (χ1v) is 6.10. The van der Waals surface area contributed by atoms with Crippen LogP contribution in [0.4, 0.5) is 0 Å². The summed E-state index contributed by atoms with van der Waals surface area (Å²) in [5, 5.41) is 11.2. The maximum Gasteiger partial charge on any atom is 0.326 e. The van der Waals surface area contributed by atoms with Crippen molar-refractivity contribution in [3.8, 4) is 0 Å². The number of carboxylic acids is 1. The Hall–Kier alpha value is -0.870. The molecule has 1 aromatic rings. The highest BCUT2D eigenvalue weighted by Crippen LogP contribution is 2.31. The molecule has 1 fully saturated rings. The molecule has 2 unspecified atom stereocenters. The number of aliphatic carboxylic acids is 1. The molecule has 1 N–H and O–H groups in total. The fourth-order valence-electron chi connectivity index (χ4n) is 2.21. The Kier molecular flexibility index (Phi) is 3.07. The van der Waals surface area contributed by atoms with Crippen LogP contribution in [-0.4, -0.2) is 28.6 Å². The van der Waals surface area contributed by atoms with Crippen LogP contribution in [0.5, 0.6) is 0 Å². The van der Waals surface area contributed by atoms with Crippen molar-refractivity contribution in [1.82, 2.24) is 4.90 Å². The van der Waals surface area contributed by atoms with Crippen molar-refractivity contribution >= 4 is 17.3 Å². The minimum absolute atomic E-state index is 0.383. The van der Waals surface area contributed by atoms with Gasteiger partial charge in [-0.25, -0.2) is 0 Å². The lowest BCUT2D eigenvalue weighted by Crippen LogP contribution is -2.35. The van der Waals surface area contributed by atoms with Crippen molar-refractivity contribution in [2.45, 2.75) is 31.8 Å². The molecule has 1 aliphatic heterocycles. The van der Waals surface area contributed by atoms with E-state index < -0.39 is 12.0 Å². The third-order valence-electron chi connectivity index (χ3n) is 2.98. The van der Waals surface area contributed by atoms with Gasteiger partial charge < -0.3 is 5.11 Å². The molecular weight excluding hydrogens is 210 g/mol. The quantitative estimate of drug-likeness (QED) is 0.858. The van der Waals surface area contributed by atoms with E-state index in [1.54, 1.807) is 0 Å². The van der Waals surface area contributed by atoms with Gasteiger partial charge in [0.25, 0.3) is 0 Å². The molecule has 0 bridgehead atoms. The van der Waals surface area contributed by atoms with Gasteiger partial charge in [0.15, 0.2) is 0 Å². The number of nitrogens with zero attached hydrogens (tertiary/aromatic N) is 1. The van der Waals surface area contributed by atoms with E-state index in [9.17, 15) is 9.90 Å². The zero-order valence-electron chi connectivity index (χ0n) is 8.72. The smallest absolute Gasteiger partial charge is 0.326 e. The molecule has 1 saturated heterocycles. The van der Waals surface area contributed by atoms with Gasteiger partial charge in [0.05, 0.1) is 0 Å². The van der Waals surface area contributed by atoms with Gasteiger partial charge in [0, 0.05) is 10.9 Å². The fraction of sp³-hybridized carbons (Fsp3) is 0.545. The van der Waals surface area contributed by atoms with Crippen molar-refractivity contribution in [2.24, 2.45) is 0 Å². The van der Waals surface area contributed by atoms with E-state index in [1.807, 2.05) is 17.5 Å². The summed E-state index contributed by atoms with van der Waals surface area (Å²) in [5.41, 5.74) is 0. The standard InChI is InChI=1S/C11H15NO2S/c1-8-4-2-6-12(8)10(11(13)14)9-5-3-7-15-9/h3,5,7-8,10H,2,4,6H2,1H3,(H,13,14). The highest BCUT2D eigenvalue weighted by atomic mass is 32.1. The third-order valence-corrected chi connectivity index (χ3v) is 3.91. The average Bonchev–Trinajstić information content (AvgIpc) is 2.79. The van der Waals surface area contributed by atoms with Crippen LogP contribution in [-0.2, 0) is 4.79 Å². The van der Waals surface area contributed by atoms with Crippen LogP contribution >= 0.6 is 11.3 Å². The molecule has 2 atom stereocenters. The lowest BCUT2D eigenvalue weighted by Gasteiger charge is -2.27. The second-order valence-corrected chi connectivity index (χ2v) is 4.96. The molecular formula is C11H15NO2S. The highest BCUT2D eigenvalue weighted by Gasteiger charge is 2.34. The first-order valence-electron chi connectivity index (χ1n) is 5.22. The van der Waals surface area contributed by atoms with Gasteiger partial charge in [-0.05, 0) is 37.8 Å². The van der Waals surface area contributed by atoms with Gasteiger partial charge >= 0.3 is 5.97 Å². The second-order valence-electron chi connectivity index (χ2n) is 3.99. The number of hydrogen-bond donors (Lipinski definition) is 1. The predicted molar refractivity (Wildman–Crippen MR) is 60.1 cm³/mol. The summed E-state index contributed by atoms with van der Waals surface area (Å²) in [5.74, 6) is -0.730. The lowest BCUT2D eigenvalue weighted by molar-refractivity contribution is -0.143. The van der Waals surface area contributed by atoms with E-state index in [0.717, 1.165) is 24.3 Å². The summed E-state index contributed by atoms with van der Waals surface area (Å²) in [6, 6.07) is 3.77. The Bertz CT molecular complexity index is 336. The number of thiophene rings is 1. The minimum Gasteiger partial charge on any atom is -0.480 e. The summed E-state index contributed by atoms with van der Waals surface area (Å²) in [6.45, 7) is 3.01. The van der Waals surface area contributed by atoms with Crippen LogP contribution in [0.1, 0.15) is 30.7 Å². The summed E-state index contributed by atoms with van der Waals surface area (Å²) < 4.78 is 0. The Morgan fingerprint density at radius 2 is 2.53 bits per heavy atom. The van der Waals surface area contributed by atoms with E-state index in [1.165, 1.54) is 11.3 Å². The van der Waals surface area contributed by atoms with Crippen molar-refractivity contribution in [3.05, 3.63) is 22.4 Å².